The van der Waals surface area contributed by atoms with E-state index in [9.17, 15) is 14.4 Å². The highest BCUT2D eigenvalue weighted by Crippen LogP contribution is 2.16. The van der Waals surface area contributed by atoms with E-state index in [1.807, 2.05) is 0 Å². The molecule has 0 saturated carbocycles. The number of allylic oxidation sites excluding steroid dienone is 10. The molecule has 6 nitrogen and oxygen atoms in total. The van der Waals surface area contributed by atoms with Crippen LogP contribution in [0.25, 0.3) is 0 Å². The number of ether oxygens (including phenoxy) is 3. The Morgan fingerprint density at radius 2 is 0.600 bits per heavy atom. The SMILES string of the molecule is CC/C=C\C/C=C\C/C=C\CCCCCC(=O)OCC(COC(=O)CCCCCCCCCCCCCCCCCCCCC)OC(=O)CCCCCCC/C=C\C/C=C\CCCCC. The third-order valence-electron chi connectivity index (χ3n) is 12.0. The van der Waals surface area contributed by atoms with Gasteiger partial charge in [0.25, 0.3) is 0 Å². The molecule has 0 aromatic carbocycles. The summed E-state index contributed by atoms with van der Waals surface area (Å²) in [4.78, 5) is 38.1. The van der Waals surface area contributed by atoms with Crippen LogP contribution in [0.1, 0.15) is 278 Å². The fourth-order valence-corrected chi connectivity index (χ4v) is 7.84. The van der Waals surface area contributed by atoms with Crippen LogP contribution < -0.4 is 0 Å². The lowest BCUT2D eigenvalue weighted by molar-refractivity contribution is -0.167. The highest BCUT2D eigenvalue weighted by molar-refractivity contribution is 5.71. The van der Waals surface area contributed by atoms with Crippen molar-refractivity contribution in [3.05, 3.63) is 60.8 Å². The number of esters is 3. The van der Waals surface area contributed by atoms with Crippen molar-refractivity contribution < 1.29 is 28.6 Å². The molecule has 0 aromatic rings. The lowest BCUT2D eigenvalue weighted by Gasteiger charge is -2.18. The molecular weight excluding hydrogens is 805 g/mol. The maximum atomic E-state index is 12.8. The Balaban J connectivity index is 4.37. The maximum Gasteiger partial charge on any atom is 0.306 e. The van der Waals surface area contributed by atoms with Gasteiger partial charge in [0.2, 0.25) is 0 Å². The summed E-state index contributed by atoms with van der Waals surface area (Å²) in [7, 11) is 0. The Bertz CT molecular complexity index is 1180. The molecule has 0 aliphatic rings. The summed E-state index contributed by atoms with van der Waals surface area (Å²) < 4.78 is 16.8. The van der Waals surface area contributed by atoms with Crippen molar-refractivity contribution in [2.24, 2.45) is 0 Å². The molecule has 0 saturated heterocycles. The molecular formula is C59H104O6. The Morgan fingerprint density at radius 1 is 0.323 bits per heavy atom. The first-order valence-electron chi connectivity index (χ1n) is 27.8. The predicted molar refractivity (Wildman–Crippen MR) is 279 cm³/mol. The quantitative estimate of drug-likeness (QED) is 0.0262. The minimum Gasteiger partial charge on any atom is -0.462 e. The zero-order chi connectivity index (χ0) is 47.2. The first-order chi connectivity index (χ1) is 32.0. The van der Waals surface area contributed by atoms with Gasteiger partial charge < -0.3 is 14.2 Å². The van der Waals surface area contributed by atoms with E-state index in [0.29, 0.717) is 19.3 Å². The van der Waals surface area contributed by atoms with Crippen LogP contribution in [0.2, 0.25) is 0 Å². The van der Waals surface area contributed by atoms with Crippen molar-refractivity contribution in [2.75, 3.05) is 13.2 Å². The zero-order valence-corrected chi connectivity index (χ0v) is 43.0. The van der Waals surface area contributed by atoms with Gasteiger partial charge in [0.15, 0.2) is 6.10 Å². The van der Waals surface area contributed by atoms with E-state index in [0.717, 1.165) is 109 Å². The molecule has 1 atom stereocenters. The van der Waals surface area contributed by atoms with Gasteiger partial charge in [-0.25, -0.2) is 0 Å². The molecule has 0 heterocycles. The van der Waals surface area contributed by atoms with Crippen molar-refractivity contribution in [1.29, 1.82) is 0 Å². The maximum absolute atomic E-state index is 12.8. The zero-order valence-electron chi connectivity index (χ0n) is 43.0. The Hall–Kier alpha value is -2.89. The molecule has 1 unspecified atom stereocenters. The predicted octanol–water partition coefficient (Wildman–Crippen LogP) is 18.4. The van der Waals surface area contributed by atoms with E-state index in [2.05, 4.69) is 81.5 Å². The molecule has 0 N–H and O–H groups in total. The van der Waals surface area contributed by atoms with Gasteiger partial charge in [-0.15, -0.1) is 0 Å². The number of hydrogen-bond acceptors (Lipinski definition) is 6. The van der Waals surface area contributed by atoms with Gasteiger partial charge >= 0.3 is 17.9 Å². The Labute approximate surface area is 402 Å². The van der Waals surface area contributed by atoms with Gasteiger partial charge in [0, 0.05) is 19.3 Å². The van der Waals surface area contributed by atoms with E-state index >= 15 is 0 Å². The number of hydrogen-bond donors (Lipinski definition) is 0. The smallest absolute Gasteiger partial charge is 0.306 e. The van der Waals surface area contributed by atoms with Gasteiger partial charge in [-0.3, -0.25) is 14.4 Å². The molecule has 376 valence electrons. The molecule has 0 rings (SSSR count). The fraction of sp³-hybridized carbons (Fsp3) is 0.780. The highest BCUT2D eigenvalue weighted by Gasteiger charge is 2.19. The first kappa shape index (κ1) is 62.1. The molecule has 0 fully saturated rings. The van der Waals surface area contributed by atoms with E-state index in [4.69, 9.17) is 14.2 Å². The second-order valence-corrected chi connectivity index (χ2v) is 18.5. The van der Waals surface area contributed by atoms with E-state index < -0.39 is 6.10 Å². The summed E-state index contributed by atoms with van der Waals surface area (Å²) in [6.07, 6.45) is 66.4. The van der Waals surface area contributed by atoms with Gasteiger partial charge in [-0.1, -0.05) is 236 Å². The average Bonchev–Trinajstić information content (AvgIpc) is 3.30. The van der Waals surface area contributed by atoms with Gasteiger partial charge in [-0.05, 0) is 83.5 Å². The van der Waals surface area contributed by atoms with Gasteiger partial charge in [0.1, 0.15) is 13.2 Å². The summed E-state index contributed by atoms with van der Waals surface area (Å²) in [5.41, 5.74) is 0. The monoisotopic (exact) mass is 909 g/mol. The molecule has 0 amide bonds. The summed E-state index contributed by atoms with van der Waals surface area (Å²) in [6, 6.07) is 0. The molecule has 6 heteroatoms. The Kier molecular flexibility index (Phi) is 51.3. The summed E-state index contributed by atoms with van der Waals surface area (Å²) >= 11 is 0. The Morgan fingerprint density at radius 3 is 0.985 bits per heavy atom. The number of rotatable bonds is 50. The normalized spacial score (nSPS) is 12.5. The second kappa shape index (κ2) is 53.7. The molecule has 0 spiro atoms. The van der Waals surface area contributed by atoms with Crippen LogP contribution in [0, 0.1) is 0 Å². The molecule has 0 radical (unpaired) electrons. The number of unbranched alkanes of at least 4 members (excludes halogenated alkanes) is 29. The third-order valence-corrected chi connectivity index (χ3v) is 12.0. The molecule has 0 aliphatic carbocycles. The van der Waals surface area contributed by atoms with Crippen LogP contribution in [0.3, 0.4) is 0 Å². The molecule has 0 aromatic heterocycles. The van der Waals surface area contributed by atoms with Gasteiger partial charge in [0.05, 0.1) is 0 Å². The van der Waals surface area contributed by atoms with Crippen molar-refractivity contribution >= 4 is 17.9 Å². The lowest BCUT2D eigenvalue weighted by atomic mass is 10.0. The van der Waals surface area contributed by atoms with Crippen molar-refractivity contribution in [1.82, 2.24) is 0 Å². The lowest BCUT2D eigenvalue weighted by Crippen LogP contribution is -2.30. The topological polar surface area (TPSA) is 78.9 Å². The van der Waals surface area contributed by atoms with Crippen LogP contribution in [-0.2, 0) is 28.6 Å². The average molecular weight is 909 g/mol. The van der Waals surface area contributed by atoms with E-state index in [-0.39, 0.29) is 31.1 Å². The van der Waals surface area contributed by atoms with Crippen molar-refractivity contribution in [3.8, 4) is 0 Å². The standard InChI is InChI=1S/C59H104O6/c1-4-7-10-13-16-19-22-25-27-28-29-30-32-34-37-40-43-46-49-52-58(61)64-55-56(54-63-57(60)51-48-45-42-39-36-33-24-21-18-15-12-9-6-3)65-59(62)53-50-47-44-41-38-35-31-26-23-20-17-14-11-8-5-2/h9,12,17-18,20-21,26,31,33,36,56H,4-8,10-11,13-16,19,22-25,27-30,32,34-35,37-55H2,1-3H3/b12-9-,20-17-,21-18-,31-26-,36-33-. The molecule has 0 aliphatic heterocycles. The van der Waals surface area contributed by atoms with Crippen LogP contribution in [0.5, 0.6) is 0 Å². The first-order valence-corrected chi connectivity index (χ1v) is 27.8. The van der Waals surface area contributed by atoms with Crippen LogP contribution >= 0.6 is 0 Å². The van der Waals surface area contributed by atoms with Crippen molar-refractivity contribution in [3.63, 3.8) is 0 Å². The van der Waals surface area contributed by atoms with Crippen LogP contribution in [-0.4, -0.2) is 37.2 Å². The van der Waals surface area contributed by atoms with Crippen LogP contribution in [0.4, 0.5) is 0 Å². The molecule has 65 heavy (non-hydrogen) atoms. The summed E-state index contributed by atoms with van der Waals surface area (Å²) in [6.45, 7) is 6.49. The van der Waals surface area contributed by atoms with Crippen LogP contribution in [0.15, 0.2) is 60.8 Å². The number of carbonyl (C=O) groups excluding carboxylic acids is 3. The second-order valence-electron chi connectivity index (χ2n) is 18.5. The van der Waals surface area contributed by atoms with Crippen molar-refractivity contribution in [2.45, 2.75) is 284 Å². The summed E-state index contributed by atoms with van der Waals surface area (Å²) in [5, 5.41) is 0. The van der Waals surface area contributed by atoms with E-state index in [1.165, 1.54) is 128 Å². The van der Waals surface area contributed by atoms with E-state index in [1.54, 1.807) is 0 Å². The number of carbonyl (C=O) groups is 3. The largest absolute Gasteiger partial charge is 0.462 e. The third kappa shape index (κ3) is 51.9. The van der Waals surface area contributed by atoms with Gasteiger partial charge in [-0.2, -0.15) is 0 Å². The minimum absolute atomic E-state index is 0.0872. The molecule has 0 bridgehead atoms. The summed E-state index contributed by atoms with van der Waals surface area (Å²) in [5.74, 6) is -0.922. The minimum atomic E-state index is -0.791. The highest BCUT2D eigenvalue weighted by atomic mass is 16.6. The fourth-order valence-electron chi connectivity index (χ4n) is 7.84.